The van der Waals surface area contributed by atoms with E-state index in [1.165, 1.54) is 17.6 Å². The van der Waals surface area contributed by atoms with E-state index >= 15 is 0 Å². The molecule has 208 valence electrons. The van der Waals surface area contributed by atoms with Crippen LogP contribution in [0.15, 0.2) is 54.6 Å². The summed E-state index contributed by atoms with van der Waals surface area (Å²) in [5.41, 5.74) is 3.69. The fraction of sp³-hybridized carbons (Fsp3) is 0.515. The SMILES string of the molecule is COc1cccc2[nH]c(CCCN(C)CC[C@]3(OC(=O)C(C)(C)C)C[C@H]4CC[C@@H]3C=C4c3ccccc3)nc12. The Morgan fingerprint density at radius 2 is 1.90 bits per heavy atom. The summed E-state index contributed by atoms with van der Waals surface area (Å²) in [4.78, 5) is 23.8. The Kier molecular flexibility index (Phi) is 7.86. The van der Waals surface area contributed by atoms with Crippen LogP contribution in [0.3, 0.4) is 0 Å². The van der Waals surface area contributed by atoms with Crippen LogP contribution in [0.5, 0.6) is 5.75 Å². The molecule has 3 aliphatic rings. The molecule has 0 aliphatic heterocycles. The lowest BCUT2D eigenvalue weighted by Crippen LogP contribution is -2.52. The molecule has 1 heterocycles. The third kappa shape index (κ3) is 5.91. The number of methoxy groups -OCH3 is 1. The lowest BCUT2D eigenvalue weighted by molar-refractivity contribution is -0.182. The number of nitrogens with zero attached hydrogens (tertiary/aromatic N) is 2. The zero-order chi connectivity index (χ0) is 27.6. The number of nitrogens with one attached hydrogen (secondary N) is 1. The van der Waals surface area contributed by atoms with Crippen molar-refractivity contribution >= 4 is 22.6 Å². The van der Waals surface area contributed by atoms with Crippen molar-refractivity contribution in [2.75, 3.05) is 27.2 Å². The molecule has 0 spiro atoms. The number of allylic oxidation sites excluding steroid dienone is 1. The monoisotopic (exact) mass is 529 g/mol. The molecule has 39 heavy (non-hydrogen) atoms. The molecule has 1 saturated carbocycles. The molecule has 6 nitrogen and oxygen atoms in total. The van der Waals surface area contributed by atoms with Gasteiger partial charge < -0.3 is 19.4 Å². The summed E-state index contributed by atoms with van der Waals surface area (Å²) in [7, 11) is 3.85. The van der Waals surface area contributed by atoms with Crippen LogP contribution in [0, 0.1) is 17.3 Å². The molecule has 0 amide bonds. The predicted octanol–water partition coefficient (Wildman–Crippen LogP) is 6.67. The van der Waals surface area contributed by atoms with Gasteiger partial charge in [-0.3, -0.25) is 4.79 Å². The molecule has 2 aromatic carbocycles. The van der Waals surface area contributed by atoms with E-state index in [0.29, 0.717) is 5.92 Å². The lowest BCUT2D eigenvalue weighted by Gasteiger charge is -2.51. The number of ether oxygens (including phenoxy) is 2. The van der Waals surface area contributed by atoms with Crippen LogP contribution >= 0.6 is 0 Å². The highest BCUT2D eigenvalue weighted by molar-refractivity contribution is 5.81. The average Bonchev–Trinajstić information content (AvgIpc) is 3.35. The molecule has 0 radical (unpaired) electrons. The quantitative estimate of drug-likeness (QED) is 0.297. The summed E-state index contributed by atoms with van der Waals surface area (Å²) in [6, 6.07) is 16.7. The van der Waals surface area contributed by atoms with Gasteiger partial charge in [0.05, 0.1) is 18.0 Å². The van der Waals surface area contributed by atoms with Crippen molar-refractivity contribution in [3.05, 3.63) is 66.0 Å². The van der Waals surface area contributed by atoms with Gasteiger partial charge in [-0.05, 0) is 89.2 Å². The number of hydrogen-bond acceptors (Lipinski definition) is 5. The molecule has 6 heteroatoms. The Bertz CT molecular complexity index is 1320. The minimum atomic E-state index is -0.517. The number of imidazole rings is 1. The van der Waals surface area contributed by atoms with Gasteiger partial charge in [-0.1, -0.05) is 42.5 Å². The van der Waals surface area contributed by atoms with Crippen LogP contribution in [-0.4, -0.2) is 53.7 Å². The number of aromatic nitrogens is 2. The first-order valence-corrected chi connectivity index (χ1v) is 14.4. The van der Waals surface area contributed by atoms with Gasteiger partial charge in [-0.15, -0.1) is 0 Å². The van der Waals surface area contributed by atoms with E-state index in [1.54, 1.807) is 7.11 Å². The van der Waals surface area contributed by atoms with E-state index < -0.39 is 11.0 Å². The number of hydrogen-bond donors (Lipinski definition) is 1. The van der Waals surface area contributed by atoms with Gasteiger partial charge in [0.15, 0.2) is 0 Å². The number of benzene rings is 2. The highest BCUT2D eigenvalue weighted by Gasteiger charge is 2.51. The number of esters is 1. The third-order valence-corrected chi connectivity index (χ3v) is 8.54. The van der Waals surface area contributed by atoms with Crippen molar-refractivity contribution in [1.82, 2.24) is 14.9 Å². The first-order chi connectivity index (χ1) is 18.7. The van der Waals surface area contributed by atoms with Crippen molar-refractivity contribution in [3.63, 3.8) is 0 Å². The maximum absolute atomic E-state index is 13.2. The molecule has 3 aromatic rings. The van der Waals surface area contributed by atoms with Crippen molar-refractivity contribution in [2.45, 2.75) is 64.9 Å². The molecule has 1 fully saturated rings. The molecule has 3 aliphatic carbocycles. The third-order valence-electron chi connectivity index (χ3n) is 8.54. The fourth-order valence-corrected chi connectivity index (χ4v) is 6.27. The predicted molar refractivity (Wildman–Crippen MR) is 157 cm³/mol. The van der Waals surface area contributed by atoms with Crippen molar-refractivity contribution in [1.29, 1.82) is 0 Å². The molecule has 0 unspecified atom stereocenters. The highest BCUT2D eigenvalue weighted by Crippen LogP contribution is 2.53. The number of para-hydroxylation sites is 1. The van der Waals surface area contributed by atoms with Gasteiger partial charge in [0.1, 0.15) is 22.7 Å². The summed E-state index contributed by atoms with van der Waals surface area (Å²) >= 11 is 0. The minimum Gasteiger partial charge on any atom is -0.494 e. The maximum atomic E-state index is 13.2. The van der Waals surface area contributed by atoms with E-state index in [1.807, 2.05) is 39.0 Å². The topological polar surface area (TPSA) is 67.4 Å². The second-order valence-electron chi connectivity index (χ2n) is 12.5. The number of H-pyrrole nitrogens is 1. The average molecular weight is 530 g/mol. The number of fused-ring (bicyclic) bond motifs is 3. The number of aryl methyl sites for hydroxylation is 1. The summed E-state index contributed by atoms with van der Waals surface area (Å²) in [6.45, 7) is 7.71. The Hall–Kier alpha value is -3.12. The van der Waals surface area contributed by atoms with Crippen molar-refractivity contribution in [2.24, 2.45) is 17.3 Å². The normalized spacial score (nSPS) is 22.8. The molecule has 2 bridgehead atoms. The summed E-state index contributed by atoms with van der Waals surface area (Å²) in [6.07, 6.45) is 8.31. The number of aromatic amines is 1. The minimum absolute atomic E-state index is 0.0901. The van der Waals surface area contributed by atoms with Gasteiger partial charge in [0, 0.05) is 25.3 Å². The summed E-state index contributed by atoms with van der Waals surface area (Å²) < 4.78 is 12.0. The number of carbonyl (C=O) groups excluding carboxylic acids is 1. The van der Waals surface area contributed by atoms with E-state index in [9.17, 15) is 4.79 Å². The molecule has 1 aromatic heterocycles. The molecule has 0 saturated heterocycles. The van der Waals surface area contributed by atoms with E-state index in [0.717, 1.165) is 67.8 Å². The van der Waals surface area contributed by atoms with Crippen LogP contribution in [0.25, 0.3) is 16.6 Å². The van der Waals surface area contributed by atoms with Crippen molar-refractivity contribution in [3.8, 4) is 5.75 Å². The van der Waals surface area contributed by atoms with Crippen LogP contribution in [0.1, 0.15) is 64.3 Å². The van der Waals surface area contributed by atoms with Crippen molar-refractivity contribution < 1.29 is 14.3 Å². The Balaban J connectivity index is 1.24. The van der Waals surface area contributed by atoms with E-state index in [2.05, 4.69) is 53.3 Å². The van der Waals surface area contributed by atoms with Gasteiger partial charge in [0.25, 0.3) is 0 Å². The summed E-state index contributed by atoms with van der Waals surface area (Å²) in [5.74, 6) is 2.38. The Labute approximate surface area is 232 Å². The molecule has 1 N–H and O–H groups in total. The number of rotatable bonds is 10. The zero-order valence-electron chi connectivity index (χ0n) is 24.1. The van der Waals surface area contributed by atoms with Crippen LogP contribution in [-0.2, 0) is 16.0 Å². The molecular weight excluding hydrogens is 486 g/mol. The lowest BCUT2D eigenvalue weighted by atomic mass is 9.60. The van der Waals surface area contributed by atoms with Gasteiger partial charge in [0.2, 0.25) is 0 Å². The first kappa shape index (κ1) is 27.4. The second kappa shape index (κ2) is 11.2. The van der Waals surface area contributed by atoms with Crippen LogP contribution < -0.4 is 4.74 Å². The molecule has 3 atom stereocenters. The fourth-order valence-electron chi connectivity index (χ4n) is 6.27. The summed E-state index contributed by atoms with van der Waals surface area (Å²) in [5, 5.41) is 0. The molecule has 6 rings (SSSR count). The highest BCUT2D eigenvalue weighted by atomic mass is 16.6. The zero-order valence-corrected chi connectivity index (χ0v) is 24.1. The Morgan fingerprint density at radius 1 is 1.10 bits per heavy atom. The largest absolute Gasteiger partial charge is 0.494 e. The molecular formula is C33H43N3O3. The maximum Gasteiger partial charge on any atom is 0.311 e. The first-order valence-electron chi connectivity index (χ1n) is 14.4. The van der Waals surface area contributed by atoms with Gasteiger partial charge in [-0.2, -0.15) is 0 Å². The van der Waals surface area contributed by atoms with E-state index in [4.69, 9.17) is 14.5 Å². The van der Waals surface area contributed by atoms with E-state index in [-0.39, 0.29) is 11.9 Å². The van der Waals surface area contributed by atoms with Crippen LogP contribution in [0.2, 0.25) is 0 Å². The van der Waals surface area contributed by atoms with Crippen LogP contribution in [0.4, 0.5) is 0 Å². The van der Waals surface area contributed by atoms with Gasteiger partial charge >= 0.3 is 5.97 Å². The smallest absolute Gasteiger partial charge is 0.311 e. The second-order valence-corrected chi connectivity index (χ2v) is 12.5. The van der Waals surface area contributed by atoms with Gasteiger partial charge in [-0.25, -0.2) is 4.98 Å². The standard InChI is InChI=1S/C33H43N3O3/c1-32(2,3)31(37)39-33(22-24-16-17-25(33)21-26(24)23-11-7-6-8-12-23)18-20-36(4)19-10-15-29-34-27-13-9-14-28(38-5)30(27)35-29/h6-9,11-14,21,24-25H,10,15-20,22H2,1-5H3,(H,34,35)/t24-,25-,33+/m1/s1. The number of carbonyl (C=O) groups is 1. The Morgan fingerprint density at radius 3 is 2.59 bits per heavy atom.